The Bertz CT molecular complexity index is 490. The van der Waals surface area contributed by atoms with E-state index in [1.165, 1.54) is 0 Å². The summed E-state index contributed by atoms with van der Waals surface area (Å²) < 4.78 is 23.2. The quantitative estimate of drug-likeness (QED) is 0.682. The molecule has 1 aliphatic carbocycles. The van der Waals surface area contributed by atoms with Gasteiger partial charge in [-0.15, -0.1) is 0 Å². The molecule has 2 fully saturated rings. The maximum absolute atomic E-state index is 11.7. The van der Waals surface area contributed by atoms with Gasteiger partial charge in [0.1, 0.15) is 0 Å². The number of carbonyl (C=O) groups is 2. The molecule has 2 aliphatic rings. The first-order chi connectivity index (χ1) is 9.38. The molecule has 0 aromatic carbocycles. The number of sulfone groups is 1. The standard InChI is InChI=1S/C12H20N2O5S/c15-11(16)8-3-4-9(6-8)14-12(17)13-7-10-2-1-5-20(10,18)19/h8-10H,1-7H2,(H,15,16)(H2,13,14,17). The summed E-state index contributed by atoms with van der Waals surface area (Å²) in [6.07, 6.45) is 2.89. The first-order valence-electron chi connectivity index (χ1n) is 6.87. The number of hydrogen-bond donors (Lipinski definition) is 3. The smallest absolute Gasteiger partial charge is 0.315 e. The van der Waals surface area contributed by atoms with Crippen LogP contribution in [0.3, 0.4) is 0 Å². The van der Waals surface area contributed by atoms with E-state index >= 15 is 0 Å². The molecule has 3 unspecified atom stereocenters. The SMILES string of the molecule is O=C(NCC1CCCS1(=O)=O)NC1CCC(C(=O)O)C1. The summed E-state index contributed by atoms with van der Waals surface area (Å²) >= 11 is 0. The molecule has 7 nitrogen and oxygen atoms in total. The van der Waals surface area contributed by atoms with Crippen LogP contribution in [0.1, 0.15) is 32.1 Å². The molecule has 3 N–H and O–H groups in total. The minimum atomic E-state index is -3.05. The lowest BCUT2D eigenvalue weighted by molar-refractivity contribution is -0.141. The van der Waals surface area contributed by atoms with Crippen molar-refractivity contribution in [3.05, 3.63) is 0 Å². The van der Waals surface area contributed by atoms with Crippen LogP contribution in [0, 0.1) is 5.92 Å². The summed E-state index contributed by atoms with van der Waals surface area (Å²) in [5.41, 5.74) is 0. The van der Waals surface area contributed by atoms with Crippen LogP contribution in [-0.2, 0) is 14.6 Å². The third kappa shape index (κ3) is 3.62. The van der Waals surface area contributed by atoms with Gasteiger partial charge in [-0.2, -0.15) is 0 Å². The molecule has 3 atom stereocenters. The Morgan fingerprint density at radius 2 is 1.95 bits per heavy atom. The molecular weight excluding hydrogens is 284 g/mol. The summed E-state index contributed by atoms with van der Waals surface area (Å²) in [4.78, 5) is 22.5. The Balaban J connectivity index is 1.73. The highest BCUT2D eigenvalue weighted by Gasteiger charge is 2.33. The minimum absolute atomic E-state index is 0.128. The monoisotopic (exact) mass is 304 g/mol. The summed E-state index contributed by atoms with van der Waals surface area (Å²) in [7, 11) is -3.05. The van der Waals surface area contributed by atoms with Gasteiger partial charge in [0, 0.05) is 12.6 Å². The molecule has 20 heavy (non-hydrogen) atoms. The zero-order valence-corrected chi connectivity index (χ0v) is 12.0. The van der Waals surface area contributed by atoms with E-state index in [1.54, 1.807) is 0 Å². The van der Waals surface area contributed by atoms with Crippen molar-refractivity contribution in [3.63, 3.8) is 0 Å². The second-order valence-corrected chi connectivity index (χ2v) is 7.93. The molecule has 2 rings (SSSR count). The molecule has 0 spiro atoms. The topological polar surface area (TPSA) is 113 Å². The van der Waals surface area contributed by atoms with Crippen LogP contribution >= 0.6 is 0 Å². The maximum Gasteiger partial charge on any atom is 0.315 e. The second-order valence-electron chi connectivity index (χ2n) is 5.53. The normalized spacial score (nSPS) is 31.9. The Kier molecular flexibility index (Phi) is 4.52. The maximum atomic E-state index is 11.7. The fourth-order valence-corrected chi connectivity index (χ4v) is 4.63. The van der Waals surface area contributed by atoms with Gasteiger partial charge in [0.2, 0.25) is 0 Å². The van der Waals surface area contributed by atoms with Crippen LogP contribution in [0.25, 0.3) is 0 Å². The van der Waals surface area contributed by atoms with Crippen LogP contribution in [-0.4, -0.2) is 49.1 Å². The van der Waals surface area contributed by atoms with E-state index in [2.05, 4.69) is 10.6 Å². The summed E-state index contributed by atoms with van der Waals surface area (Å²) in [6, 6.07) is -0.556. The third-order valence-electron chi connectivity index (χ3n) is 4.07. The zero-order chi connectivity index (χ0) is 14.8. The minimum Gasteiger partial charge on any atom is -0.481 e. The van der Waals surface area contributed by atoms with Gasteiger partial charge >= 0.3 is 12.0 Å². The largest absolute Gasteiger partial charge is 0.481 e. The van der Waals surface area contributed by atoms with Gasteiger partial charge < -0.3 is 15.7 Å². The van der Waals surface area contributed by atoms with Crippen LogP contribution in [0.2, 0.25) is 0 Å². The number of amides is 2. The fraction of sp³-hybridized carbons (Fsp3) is 0.833. The Morgan fingerprint density at radius 3 is 2.50 bits per heavy atom. The van der Waals surface area contributed by atoms with Gasteiger partial charge in [-0.25, -0.2) is 13.2 Å². The molecule has 1 saturated carbocycles. The number of aliphatic carboxylic acids is 1. The average molecular weight is 304 g/mol. The van der Waals surface area contributed by atoms with Crippen LogP contribution in [0.4, 0.5) is 4.79 Å². The third-order valence-corrected chi connectivity index (χ3v) is 6.35. The van der Waals surface area contributed by atoms with Crippen LogP contribution < -0.4 is 10.6 Å². The molecule has 2 amide bonds. The Hall–Kier alpha value is -1.31. The number of nitrogens with one attached hydrogen (secondary N) is 2. The van der Waals surface area contributed by atoms with Crippen molar-refractivity contribution in [3.8, 4) is 0 Å². The van der Waals surface area contributed by atoms with Gasteiger partial charge in [-0.05, 0) is 32.1 Å². The van der Waals surface area contributed by atoms with Crippen molar-refractivity contribution in [1.82, 2.24) is 10.6 Å². The predicted octanol–water partition coefficient (Wildman–Crippen LogP) is 0.116. The second kappa shape index (κ2) is 5.99. The van der Waals surface area contributed by atoms with Crippen molar-refractivity contribution >= 4 is 21.8 Å². The molecule has 0 radical (unpaired) electrons. The number of urea groups is 1. The van der Waals surface area contributed by atoms with Crippen molar-refractivity contribution in [1.29, 1.82) is 0 Å². The van der Waals surface area contributed by atoms with Crippen molar-refractivity contribution in [2.75, 3.05) is 12.3 Å². The molecule has 0 aromatic heterocycles. The van der Waals surface area contributed by atoms with E-state index < -0.39 is 33.0 Å². The van der Waals surface area contributed by atoms with E-state index in [-0.39, 0.29) is 18.3 Å². The Morgan fingerprint density at radius 1 is 1.20 bits per heavy atom. The molecule has 1 aliphatic heterocycles. The van der Waals surface area contributed by atoms with E-state index in [4.69, 9.17) is 5.11 Å². The Labute approximate surface area is 118 Å². The fourth-order valence-electron chi connectivity index (χ4n) is 2.87. The van der Waals surface area contributed by atoms with Gasteiger partial charge in [-0.1, -0.05) is 0 Å². The molecule has 8 heteroatoms. The molecule has 0 bridgehead atoms. The molecule has 1 saturated heterocycles. The lowest BCUT2D eigenvalue weighted by atomic mass is 10.1. The van der Waals surface area contributed by atoms with Crippen LogP contribution in [0.15, 0.2) is 0 Å². The van der Waals surface area contributed by atoms with Crippen molar-refractivity contribution < 1.29 is 23.1 Å². The number of carboxylic acids is 1. The summed E-state index contributed by atoms with van der Waals surface area (Å²) in [5, 5.41) is 13.7. The van der Waals surface area contributed by atoms with Crippen molar-refractivity contribution in [2.24, 2.45) is 5.92 Å². The lowest BCUT2D eigenvalue weighted by Crippen LogP contribution is -2.44. The van der Waals surface area contributed by atoms with E-state index in [9.17, 15) is 18.0 Å². The molecule has 0 aromatic rings. The van der Waals surface area contributed by atoms with E-state index in [0.29, 0.717) is 32.1 Å². The van der Waals surface area contributed by atoms with Gasteiger partial charge in [0.25, 0.3) is 0 Å². The highest BCUT2D eigenvalue weighted by Crippen LogP contribution is 2.25. The van der Waals surface area contributed by atoms with E-state index in [1.807, 2.05) is 0 Å². The van der Waals surface area contributed by atoms with Gasteiger partial charge in [-0.3, -0.25) is 4.79 Å². The summed E-state index contributed by atoms with van der Waals surface area (Å²) in [5.74, 6) is -1.02. The van der Waals surface area contributed by atoms with Crippen LogP contribution in [0.5, 0.6) is 0 Å². The average Bonchev–Trinajstić information content (AvgIpc) is 2.93. The highest BCUT2D eigenvalue weighted by molar-refractivity contribution is 7.92. The summed E-state index contributed by atoms with van der Waals surface area (Å²) in [6.45, 7) is 0.128. The molecule has 1 heterocycles. The zero-order valence-electron chi connectivity index (χ0n) is 11.2. The predicted molar refractivity (Wildman–Crippen MR) is 72.1 cm³/mol. The van der Waals surface area contributed by atoms with Gasteiger partial charge in [0.05, 0.1) is 16.9 Å². The molecule has 114 valence electrons. The first-order valence-corrected chi connectivity index (χ1v) is 8.59. The van der Waals surface area contributed by atoms with Gasteiger partial charge in [0.15, 0.2) is 9.84 Å². The number of rotatable bonds is 4. The van der Waals surface area contributed by atoms with E-state index in [0.717, 1.165) is 0 Å². The number of carbonyl (C=O) groups excluding carboxylic acids is 1. The first kappa shape index (κ1) is 15.1. The lowest BCUT2D eigenvalue weighted by Gasteiger charge is -2.15. The molecular formula is C12H20N2O5S. The van der Waals surface area contributed by atoms with Crippen molar-refractivity contribution in [2.45, 2.75) is 43.4 Å². The highest BCUT2D eigenvalue weighted by atomic mass is 32.2. The number of hydrogen-bond acceptors (Lipinski definition) is 4. The number of carboxylic acid groups (broad SMARTS) is 1.